The van der Waals surface area contributed by atoms with Crippen LogP contribution in [0.1, 0.15) is 13.3 Å². The summed E-state index contributed by atoms with van der Waals surface area (Å²) < 4.78 is 5.07. The summed E-state index contributed by atoms with van der Waals surface area (Å²) >= 11 is 0. The highest BCUT2D eigenvalue weighted by Crippen LogP contribution is 2.10. The fourth-order valence-electron chi connectivity index (χ4n) is 1.67. The third kappa shape index (κ3) is 5.49. The number of hydrogen-bond acceptors (Lipinski definition) is 3. The topological polar surface area (TPSA) is 50.4 Å². The van der Waals surface area contributed by atoms with Crippen LogP contribution in [-0.2, 0) is 9.53 Å². The fourth-order valence-corrected chi connectivity index (χ4v) is 1.67. The minimum absolute atomic E-state index is 0. The van der Waals surface area contributed by atoms with Gasteiger partial charge >= 0.3 is 0 Å². The predicted molar refractivity (Wildman–Crippen MR) is 66.8 cm³/mol. The van der Waals surface area contributed by atoms with E-state index in [4.69, 9.17) is 4.74 Å². The number of nitrogens with one attached hydrogen (secondary N) is 2. The van der Waals surface area contributed by atoms with Crippen LogP contribution in [0.2, 0.25) is 0 Å². The van der Waals surface area contributed by atoms with Crippen LogP contribution in [0.15, 0.2) is 12.7 Å². The van der Waals surface area contributed by atoms with Gasteiger partial charge in [-0.25, -0.2) is 0 Å². The molecule has 2 atom stereocenters. The van der Waals surface area contributed by atoms with E-state index in [1.54, 1.807) is 6.08 Å². The molecule has 0 aromatic carbocycles. The van der Waals surface area contributed by atoms with E-state index in [1.165, 1.54) is 0 Å². The van der Waals surface area contributed by atoms with Crippen molar-refractivity contribution in [1.29, 1.82) is 0 Å². The van der Waals surface area contributed by atoms with Crippen molar-refractivity contribution in [2.75, 3.05) is 26.3 Å². The SMILES string of the molecule is C=CCOCC(=O)NC1CNCCC1C.Cl. The second kappa shape index (κ2) is 8.56. The Kier molecular flexibility index (Phi) is 8.25. The largest absolute Gasteiger partial charge is 0.368 e. The average Bonchev–Trinajstić information content (AvgIpc) is 2.22. The Morgan fingerprint density at radius 2 is 2.44 bits per heavy atom. The lowest BCUT2D eigenvalue weighted by atomic mass is 9.95. The van der Waals surface area contributed by atoms with E-state index in [1.807, 2.05) is 0 Å². The van der Waals surface area contributed by atoms with E-state index in [9.17, 15) is 4.79 Å². The van der Waals surface area contributed by atoms with E-state index in [0.717, 1.165) is 19.5 Å². The second-order valence-corrected chi connectivity index (χ2v) is 3.95. The van der Waals surface area contributed by atoms with Crippen molar-refractivity contribution in [3.63, 3.8) is 0 Å². The number of carbonyl (C=O) groups excluding carboxylic acids is 1. The smallest absolute Gasteiger partial charge is 0.246 e. The molecule has 4 nitrogen and oxygen atoms in total. The van der Waals surface area contributed by atoms with Crippen molar-refractivity contribution in [2.24, 2.45) is 5.92 Å². The zero-order valence-electron chi connectivity index (χ0n) is 9.70. The Hall–Kier alpha value is -0.580. The molecule has 1 heterocycles. The maximum atomic E-state index is 11.4. The quantitative estimate of drug-likeness (QED) is 0.557. The third-order valence-electron chi connectivity index (χ3n) is 2.64. The number of hydrogen-bond donors (Lipinski definition) is 2. The summed E-state index contributed by atoms with van der Waals surface area (Å²) in [7, 11) is 0. The molecule has 1 fully saturated rings. The van der Waals surface area contributed by atoms with Gasteiger partial charge in [-0.3, -0.25) is 4.79 Å². The molecule has 0 aromatic rings. The van der Waals surface area contributed by atoms with Crippen molar-refractivity contribution in [2.45, 2.75) is 19.4 Å². The van der Waals surface area contributed by atoms with Gasteiger partial charge in [0.05, 0.1) is 6.61 Å². The molecule has 0 bridgehead atoms. The lowest BCUT2D eigenvalue weighted by Crippen LogP contribution is -2.51. The minimum Gasteiger partial charge on any atom is -0.368 e. The van der Waals surface area contributed by atoms with Gasteiger partial charge in [0.25, 0.3) is 0 Å². The third-order valence-corrected chi connectivity index (χ3v) is 2.64. The first kappa shape index (κ1) is 15.4. The molecular formula is C11H21ClN2O2. The van der Waals surface area contributed by atoms with Crippen molar-refractivity contribution in [3.8, 4) is 0 Å². The molecule has 0 aliphatic carbocycles. The molecule has 0 spiro atoms. The van der Waals surface area contributed by atoms with Crippen LogP contribution < -0.4 is 10.6 Å². The maximum absolute atomic E-state index is 11.4. The highest BCUT2D eigenvalue weighted by Gasteiger charge is 2.22. The first-order chi connectivity index (χ1) is 7.24. The molecule has 0 aromatic heterocycles. The van der Waals surface area contributed by atoms with Crippen molar-refractivity contribution in [3.05, 3.63) is 12.7 Å². The molecular weight excluding hydrogens is 228 g/mol. The molecule has 0 radical (unpaired) electrons. The Morgan fingerprint density at radius 1 is 1.69 bits per heavy atom. The highest BCUT2D eigenvalue weighted by atomic mass is 35.5. The molecule has 1 amide bonds. The van der Waals surface area contributed by atoms with Crippen LogP contribution in [0.4, 0.5) is 0 Å². The summed E-state index contributed by atoms with van der Waals surface area (Å²) in [6.45, 7) is 8.12. The first-order valence-electron chi connectivity index (χ1n) is 5.42. The lowest BCUT2D eigenvalue weighted by Gasteiger charge is -2.30. The molecule has 16 heavy (non-hydrogen) atoms. The first-order valence-corrected chi connectivity index (χ1v) is 5.42. The van der Waals surface area contributed by atoms with Gasteiger partial charge in [-0.1, -0.05) is 13.0 Å². The summed E-state index contributed by atoms with van der Waals surface area (Å²) in [5.41, 5.74) is 0. The minimum atomic E-state index is -0.0441. The van der Waals surface area contributed by atoms with Gasteiger partial charge in [0, 0.05) is 12.6 Å². The van der Waals surface area contributed by atoms with E-state index < -0.39 is 0 Å². The van der Waals surface area contributed by atoms with Gasteiger partial charge in [-0.15, -0.1) is 19.0 Å². The monoisotopic (exact) mass is 248 g/mol. The zero-order chi connectivity index (χ0) is 11.1. The van der Waals surface area contributed by atoms with Crippen molar-refractivity contribution < 1.29 is 9.53 Å². The molecule has 1 aliphatic heterocycles. The molecule has 94 valence electrons. The molecule has 2 unspecified atom stereocenters. The van der Waals surface area contributed by atoms with Gasteiger partial charge in [0.2, 0.25) is 5.91 Å². The summed E-state index contributed by atoms with van der Waals surface area (Å²) in [5.74, 6) is 0.493. The summed E-state index contributed by atoms with van der Waals surface area (Å²) in [6.07, 6.45) is 2.75. The Bertz CT molecular complexity index is 224. The highest BCUT2D eigenvalue weighted by molar-refractivity contribution is 5.85. The number of carbonyl (C=O) groups is 1. The summed E-state index contributed by atoms with van der Waals surface area (Å²) in [4.78, 5) is 11.4. The van der Waals surface area contributed by atoms with Crippen LogP contribution >= 0.6 is 12.4 Å². The molecule has 1 saturated heterocycles. The molecule has 1 rings (SSSR count). The van der Waals surface area contributed by atoms with Crippen LogP contribution in [-0.4, -0.2) is 38.3 Å². The zero-order valence-corrected chi connectivity index (χ0v) is 10.5. The number of ether oxygens (including phenoxy) is 1. The normalized spacial score (nSPS) is 24.3. The van der Waals surface area contributed by atoms with E-state index in [0.29, 0.717) is 12.5 Å². The van der Waals surface area contributed by atoms with Crippen LogP contribution in [0.25, 0.3) is 0 Å². The van der Waals surface area contributed by atoms with Gasteiger partial charge in [0.15, 0.2) is 0 Å². The van der Waals surface area contributed by atoms with Crippen LogP contribution in [0.5, 0.6) is 0 Å². The Labute approximate surface area is 103 Å². The summed E-state index contributed by atoms with van der Waals surface area (Å²) in [6, 6.07) is 0.235. The second-order valence-electron chi connectivity index (χ2n) is 3.95. The van der Waals surface area contributed by atoms with Crippen LogP contribution in [0, 0.1) is 5.92 Å². The van der Waals surface area contributed by atoms with Crippen molar-refractivity contribution in [1.82, 2.24) is 10.6 Å². The van der Waals surface area contributed by atoms with Gasteiger partial charge < -0.3 is 15.4 Å². The Morgan fingerprint density at radius 3 is 3.06 bits per heavy atom. The van der Waals surface area contributed by atoms with E-state index >= 15 is 0 Å². The number of rotatable bonds is 5. The van der Waals surface area contributed by atoms with Gasteiger partial charge in [0.1, 0.15) is 6.61 Å². The van der Waals surface area contributed by atoms with Gasteiger partial charge in [-0.05, 0) is 18.9 Å². The fraction of sp³-hybridized carbons (Fsp3) is 0.727. The molecule has 1 aliphatic rings. The van der Waals surface area contributed by atoms with Crippen molar-refractivity contribution >= 4 is 18.3 Å². The van der Waals surface area contributed by atoms with Gasteiger partial charge in [-0.2, -0.15) is 0 Å². The van der Waals surface area contributed by atoms with E-state index in [-0.39, 0.29) is 31.0 Å². The molecule has 5 heteroatoms. The molecule has 2 N–H and O–H groups in total. The molecule has 0 saturated carbocycles. The van der Waals surface area contributed by atoms with E-state index in [2.05, 4.69) is 24.1 Å². The number of amides is 1. The number of piperidine rings is 1. The van der Waals surface area contributed by atoms with Crippen LogP contribution in [0.3, 0.4) is 0 Å². The summed E-state index contributed by atoms with van der Waals surface area (Å²) in [5, 5.41) is 6.23. The number of halogens is 1. The Balaban J connectivity index is 0.00000225. The lowest BCUT2D eigenvalue weighted by molar-refractivity contribution is -0.126. The standard InChI is InChI=1S/C11H20N2O2.ClH/c1-3-6-15-8-11(14)13-10-7-12-5-4-9(10)2;/h3,9-10,12H,1,4-8H2,2H3,(H,13,14);1H. The maximum Gasteiger partial charge on any atom is 0.246 e. The predicted octanol–water partition coefficient (Wildman–Crippen LogP) is 0.725. The average molecular weight is 249 g/mol.